The van der Waals surface area contributed by atoms with Gasteiger partial charge in [0.25, 0.3) is 0 Å². The fourth-order valence-electron chi connectivity index (χ4n) is 7.87. The predicted molar refractivity (Wildman–Crippen MR) is 142 cm³/mol. The van der Waals surface area contributed by atoms with Crippen LogP contribution in [0.3, 0.4) is 0 Å². The van der Waals surface area contributed by atoms with E-state index in [2.05, 4.69) is 0 Å². The quantitative estimate of drug-likeness (QED) is 0.236. The highest BCUT2D eigenvalue weighted by atomic mass is 19.1. The molecule has 4 nitrogen and oxygen atoms in total. The summed E-state index contributed by atoms with van der Waals surface area (Å²) in [4.78, 5) is 26.2. The molecule has 0 unspecified atom stereocenters. The Bertz CT molecular complexity index is 997. The van der Waals surface area contributed by atoms with E-state index in [1.807, 2.05) is 34.6 Å². The molecule has 37 heavy (non-hydrogen) atoms. The van der Waals surface area contributed by atoms with Crippen molar-refractivity contribution < 1.29 is 23.5 Å². The summed E-state index contributed by atoms with van der Waals surface area (Å²) < 4.78 is 27.4. The maximum atomic E-state index is 15.4. The number of halogens is 1. The lowest BCUT2D eigenvalue weighted by Gasteiger charge is -2.56. The van der Waals surface area contributed by atoms with Crippen LogP contribution in [0.15, 0.2) is 12.1 Å². The molecule has 204 valence electrons. The summed E-state index contributed by atoms with van der Waals surface area (Å²) in [5, 5.41) is 0. The summed E-state index contributed by atoms with van der Waals surface area (Å²) in [6.07, 6.45) is 10.5. The Morgan fingerprint density at radius 1 is 1.03 bits per heavy atom. The molecular formula is C32H45FO4. The normalized spacial score (nSPS) is 29.4. The van der Waals surface area contributed by atoms with Gasteiger partial charge in [0.15, 0.2) is 5.78 Å². The van der Waals surface area contributed by atoms with Crippen LogP contribution >= 0.6 is 0 Å². The lowest BCUT2D eigenvalue weighted by Crippen LogP contribution is -2.48. The Hall–Kier alpha value is -1.91. The van der Waals surface area contributed by atoms with Crippen molar-refractivity contribution in [2.45, 2.75) is 110 Å². The zero-order valence-corrected chi connectivity index (χ0v) is 23.4. The number of esters is 1. The molecule has 0 amide bonds. The van der Waals surface area contributed by atoms with E-state index in [1.165, 1.54) is 44.6 Å². The van der Waals surface area contributed by atoms with Crippen LogP contribution in [0.4, 0.5) is 4.39 Å². The minimum atomic E-state index is -0.630. The standard InChI is InChI=1S/C32H45FO4/c1-19(2)8-24(30(35)37-31(3,4)5)12-28(34)26-13-25(23-6-7-23)29(14-27(26)33)36-18-32-15-20-9-21(16-32)11-22(10-20)17-32/h13-14,19-24H,6-12,15-18H2,1-5H3/t20?,21?,22?,24-,32?/m1/s1. The van der Waals surface area contributed by atoms with Crippen molar-refractivity contribution in [3.05, 3.63) is 29.1 Å². The maximum absolute atomic E-state index is 15.4. The van der Waals surface area contributed by atoms with Crippen LogP contribution in [-0.2, 0) is 9.53 Å². The summed E-state index contributed by atoms with van der Waals surface area (Å²) in [7, 11) is 0. The molecule has 0 radical (unpaired) electrons. The molecule has 0 spiro atoms. The molecule has 1 atom stereocenters. The number of ketones is 1. The monoisotopic (exact) mass is 512 g/mol. The molecule has 5 saturated carbocycles. The third-order valence-corrected chi connectivity index (χ3v) is 9.04. The van der Waals surface area contributed by atoms with E-state index in [4.69, 9.17) is 9.47 Å². The average molecular weight is 513 g/mol. The number of hydrogen-bond donors (Lipinski definition) is 0. The molecule has 5 fully saturated rings. The number of ether oxygens (including phenoxy) is 2. The van der Waals surface area contributed by atoms with E-state index >= 15 is 4.39 Å². The molecule has 0 N–H and O–H groups in total. The molecule has 1 aromatic carbocycles. The van der Waals surface area contributed by atoms with Gasteiger partial charge in [0.2, 0.25) is 0 Å². The second-order valence-corrected chi connectivity index (χ2v) is 14.3. The third kappa shape index (κ3) is 6.23. The lowest BCUT2D eigenvalue weighted by atomic mass is 9.50. The van der Waals surface area contributed by atoms with Crippen molar-refractivity contribution in [2.24, 2.45) is 35.0 Å². The molecule has 4 bridgehead atoms. The summed E-state index contributed by atoms with van der Waals surface area (Å²) in [5.74, 6) is 1.88. The van der Waals surface area contributed by atoms with Gasteiger partial charge in [0.05, 0.1) is 18.1 Å². The van der Waals surface area contributed by atoms with Crippen molar-refractivity contribution in [3.63, 3.8) is 0 Å². The Morgan fingerprint density at radius 2 is 1.62 bits per heavy atom. The highest BCUT2D eigenvalue weighted by Crippen LogP contribution is 2.60. The van der Waals surface area contributed by atoms with E-state index < -0.39 is 17.3 Å². The molecule has 5 aliphatic carbocycles. The Kier molecular flexibility index (Phi) is 7.21. The number of benzene rings is 1. The third-order valence-electron chi connectivity index (χ3n) is 9.04. The zero-order chi connectivity index (χ0) is 26.5. The van der Waals surface area contributed by atoms with Crippen LogP contribution in [0, 0.1) is 40.8 Å². The predicted octanol–water partition coefficient (Wildman–Crippen LogP) is 7.88. The van der Waals surface area contributed by atoms with E-state index in [9.17, 15) is 9.59 Å². The van der Waals surface area contributed by atoms with Gasteiger partial charge in [-0.15, -0.1) is 0 Å². The minimum Gasteiger partial charge on any atom is -0.493 e. The average Bonchev–Trinajstić information content (AvgIpc) is 3.60. The molecule has 0 aromatic heterocycles. The first-order valence-corrected chi connectivity index (χ1v) is 14.6. The maximum Gasteiger partial charge on any atom is 0.309 e. The Labute approximate surface area is 222 Å². The molecular weight excluding hydrogens is 467 g/mol. The SMILES string of the molecule is CC(C)C[C@H](CC(=O)c1cc(C2CC2)c(OCC23CC4CC(CC(C4)C2)C3)cc1F)C(=O)OC(C)(C)C. The van der Waals surface area contributed by atoms with E-state index in [-0.39, 0.29) is 35.1 Å². The van der Waals surface area contributed by atoms with E-state index in [0.717, 1.165) is 36.2 Å². The van der Waals surface area contributed by atoms with Gasteiger partial charge >= 0.3 is 5.97 Å². The van der Waals surface area contributed by atoms with Gasteiger partial charge in [-0.1, -0.05) is 13.8 Å². The Balaban J connectivity index is 1.32. The van der Waals surface area contributed by atoms with E-state index in [1.54, 1.807) is 6.07 Å². The number of hydrogen-bond acceptors (Lipinski definition) is 4. The van der Waals surface area contributed by atoms with Crippen LogP contribution in [0.1, 0.15) is 121 Å². The number of carbonyl (C=O) groups excluding carboxylic acids is 2. The minimum absolute atomic E-state index is 0.0401. The van der Waals surface area contributed by atoms with Crippen molar-refractivity contribution in [1.29, 1.82) is 0 Å². The molecule has 0 saturated heterocycles. The zero-order valence-electron chi connectivity index (χ0n) is 23.4. The van der Waals surface area contributed by atoms with Crippen LogP contribution in [0.2, 0.25) is 0 Å². The molecule has 6 rings (SSSR count). The van der Waals surface area contributed by atoms with Gasteiger partial charge in [-0.05, 0) is 120 Å². The van der Waals surface area contributed by atoms with E-state index in [0.29, 0.717) is 24.7 Å². The van der Waals surface area contributed by atoms with Crippen molar-refractivity contribution in [3.8, 4) is 5.75 Å². The summed E-state index contributed by atoms with van der Waals surface area (Å²) in [5.41, 5.74) is 0.668. The smallest absolute Gasteiger partial charge is 0.309 e. The highest BCUT2D eigenvalue weighted by molar-refractivity contribution is 5.98. The van der Waals surface area contributed by atoms with Crippen molar-refractivity contribution in [1.82, 2.24) is 0 Å². The first-order valence-electron chi connectivity index (χ1n) is 14.6. The topological polar surface area (TPSA) is 52.6 Å². The number of carbonyl (C=O) groups is 2. The second kappa shape index (κ2) is 10.0. The summed E-state index contributed by atoms with van der Waals surface area (Å²) >= 11 is 0. The van der Waals surface area contributed by atoms with Gasteiger partial charge in [0, 0.05) is 17.9 Å². The van der Waals surface area contributed by atoms with Crippen molar-refractivity contribution in [2.75, 3.05) is 6.61 Å². The fraction of sp³-hybridized carbons (Fsp3) is 0.750. The fourth-order valence-corrected chi connectivity index (χ4v) is 7.87. The number of Topliss-reactive ketones (excluding diaryl/α,β-unsaturated/α-hetero) is 1. The lowest BCUT2D eigenvalue weighted by molar-refractivity contribution is -0.160. The molecule has 5 heteroatoms. The Morgan fingerprint density at radius 3 is 2.14 bits per heavy atom. The second-order valence-electron chi connectivity index (χ2n) is 14.3. The van der Waals surface area contributed by atoms with Crippen LogP contribution < -0.4 is 4.74 Å². The largest absolute Gasteiger partial charge is 0.493 e. The van der Waals surface area contributed by atoms with Gasteiger partial charge in [-0.3, -0.25) is 9.59 Å². The molecule has 0 heterocycles. The highest BCUT2D eigenvalue weighted by Gasteiger charge is 2.51. The molecule has 1 aromatic rings. The first-order chi connectivity index (χ1) is 17.4. The first kappa shape index (κ1) is 26.7. The van der Waals surface area contributed by atoms with Crippen LogP contribution in [0.25, 0.3) is 0 Å². The summed E-state index contributed by atoms with van der Waals surface area (Å²) in [6.45, 7) is 10.2. The van der Waals surface area contributed by atoms with Gasteiger partial charge in [-0.2, -0.15) is 0 Å². The van der Waals surface area contributed by atoms with Crippen LogP contribution in [0.5, 0.6) is 5.75 Å². The van der Waals surface area contributed by atoms with Gasteiger partial charge < -0.3 is 9.47 Å². The molecule has 0 aliphatic heterocycles. The number of rotatable bonds is 10. The van der Waals surface area contributed by atoms with Crippen molar-refractivity contribution >= 4 is 11.8 Å². The molecule has 5 aliphatic rings. The summed E-state index contributed by atoms with van der Waals surface area (Å²) in [6, 6.07) is 3.18. The van der Waals surface area contributed by atoms with Gasteiger partial charge in [0.1, 0.15) is 17.2 Å². The van der Waals surface area contributed by atoms with Crippen LogP contribution in [-0.4, -0.2) is 24.0 Å². The van der Waals surface area contributed by atoms with Gasteiger partial charge in [-0.25, -0.2) is 4.39 Å².